The predicted octanol–water partition coefficient (Wildman–Crippen LogP) is 3.14. The van der Waals surface area contributed by atoms with Gasteiger partial charge in [-0.15, -0.1) is 0 Å². The van der Waals surface area contributed by atoms with E-state index in [2.05, 4.69) is 0 Å². The molecule has 1 heterocycles. The predicted molar refractivity (Wildman–Crippen MR) is 76.3 cm³/mol. The van der Waals surface area contributed by atoms with Gasteiger partial charge in [0.05, 0.1) is 0 Å². The Labute approximate surface area is 119 Å². The van der Waals surface area contributed by atoms with E-state index in [0.717, 1.165) is 61.6 Å². The van der Waals surface area contributed by atoms with Crippen molar-refractivity contribution in [2.45, 2.75) is 44.1 Å². The summed E-state index contributed by atoms with van der Waals surface area (Å²) in [6.45, 7) is 1.74. The van der Waals surface area contributed by atoms with E-state index in [9.17, 15) is 4.79 Å². The topological polar surface area (TPSA) is 29.5 Å². The second-order valence-corrected chi connectivity index (χ2v) is 8.29. The number of nitrogens with zero attached hydrogens (tertiary/aromatic N) is 1. The highest BCUT2D eigenvalue weighted by atomic mass is 32.2. The Hall–Kier alpha value is -0.380. The zero-order chi connectivity index (χ0) is 12.9. The van der Waals surface area contributed by atoms with Crippen LogP contribution in [0, 0.1) is 17.8 Å². The Morgan fingerprint density at radius 3 is 2.05 bits per heavy atom. The largest absolute Gasteiger partial charge is 0.443 e. The Morgan fingerprint density at radius 2 is 1.53 bits per heavy atom. The molecule has 0 aromatic rings. The van der Waals surface area contributed by atoms with Crippen LogP contribution in [0.15, 0.2) is 0 Å². The molecule has 3 nitrogen and oxygen atoms in total. The summed E-state index contributed by atoms with van der Waals surface area (Å²) in [4.78, 5) is 14.3. The minimum atomic E-state index is -0.0730. The lowest BCUT2D eigenvalue weighted by Crippen LogP contribution is -2.54. The zero-order valence-corrected chi connectivity index (χ0v) is 12.3. The Balaban J connectivity index is 1.45. The molecule has 1 saturated heterocycles. The van der Waals surface area contributed by atoms with E-state index in [-0.39, 0.29) is 11.7 Å². The van der Waals surface area contributed by atoms with Crippen molar-refractivity contribution < 1.29 is 9.53 Å². The van der Waals surface area contributed by atoms with Crippen molar-refractivity contribution in [1.82, 2.24) is 4.90 Å². The number of carbonyl (C=O) groups excluding carboxylic acids is 1. The van der Waals surface area contributed by atoms with Crippen LogP contribution in [-0.2, 0) is 4.74 Å². The van der Waals surface area contributed by atoms with Gasteiger partial charge in [-0.25, -0.2) is 4.79 Å². The molecule has 0 aromatic heterocycles. The molecule has 0 aromatic carbocycles. The van der Waals surface area contributed by atoms with Gasteiger partial charge in [-0.3, -0.25) is 0 Å². The summed E-state index contributed by atoms with van der Waals surface area (Å²) < 4.78 is 6.07. The van der Waals surface area contributed by atoms with Crippen molar-refractivity contribution in [3.63, 3.8) is 0 Å². The minimum Gasteiger partial charge on any atom is -0.443 e. The highest BCUT2D eigenvalue weighted by Gasteiger charge is 2.53. The van der Waals surface area contributed by atoms with Crippen molar-refractivity contribution in [2.75, 3.05) is 24.6 Å². The first kappa shape index (κ1) is 12.4. The molecular formula is C15H23NO2S. The highest BCUT2D eigenvalue weighted by Crippen LogP contribution is 2.57. The van der Waals surface area contributed by atoms with E-state index in [1.807, 2.05) is 16.7 Å². The molecule has 5 aliphatic rings. The van der Waals surface area contributed by atoms with Crippen molar-refractivity contribution in [1.29, 1.82) is 0 Å². The average molecular weight is 281 g/mol. The van der Waals surface area contributed by atoms with Gasteiger partial charge in [0.15, 0.2) is 0 Å². The number of hydrogen-bond donors (Lipinski definition) is 0. The quantitative estimate of drug-likeness (QED) is 0.739. The van der Waals surface area contributed by atoms with Crippen molar-refractivity contribution >= 4 is 17.9 Å². The van der Waals surface area contributed by atoms with Gasteiger partial charge in [0.1, 0.15) is 5.60 Å². The lowest BCUT2D eigenvalue weighted by Gasteiger charge is -2.55. The molecule has 5 rings (SSSR count). The first-order valence-electron chi connectivity index (χ1n) is 7.78. The third kappa shape index (κ3) is 2.26. The molecule has 0 unspecified atom stereocenters. The molecule has 0 radical (unpaired) electrons. The molecule has 4 bridgehead atoms. The average Bonchev–Trinajstić information content (AvgIpc) is 2.37. The smallest absolute Gasteiger partial charge is 0.410 e. The molecule has 1 amide bonds. The molecule has 4 aliphatic carbocycles. The number of rotatable bonds is 1. The molecule has 1 aliphatic heterocycles. The van der Waals surface area contributed by atoms with Crippen LogP contribution in [0.25, 0.3) is 0 Å². The van der Waals surface area contributed by atoms with Crippen molar-refractivity contribution in [3.05, 3.63) is 0 Å². The van der Waals surface area contributed by atoms with Gasteiger partial charge in [0.25, 0.3) is 0 Å². The number of amides is 1. The van der Waals surface area contributed by atoms with Crippen molar-refractivity contribution in [2.24, 2.45) is 17.8 Å². The van der Waals surface area contributed by atoms with Gasteiger partial charge in [0.2, 0.25) is 0 Å². The summed E-state index contributed by atoms with van der Waals surface area (Å²) in [5.41, 5.74) is -0.0730. The Bertz CT molecular complexity index is 343. The zero-order valence-electron chi connectivity index (χ0n) is 11.5. The third-order valence-corrected chi connectivity index (χ3v) is 6.50. The fraction of sp³-hybridized carbons (Fsp3) is 0.933. The monoisotopic (exact) mass is 281 g/mol. The number of thioether (sulfide) groups is 1. The summed E-state index contributed by atoms with van der Waals surface area (Å²) in [7, 11) is 0. The fourth-order valence-corrected chi connectivity index (χ4v) is 6.05. The second kappa shape index (κ2) is 4.57. The molecule has 0 N–H and O–H groups in total. The van der Waals surface area contributed by atoms with Crippen LogP contribution in [0.1, 0.15) is 38.5 Å². The molecule has 5 fully saturated rings. The number of ether oxygens (including phenoxy) is 1. The molecule has 4 heteroatoms. The van der Waals surface area contributed by atoms with Gasteiger partial charge in [0, 0.05) is 24.6 Å². The molecule has 0 atom stereocenters. The van der Waals surface area contributed by atoms with Gasteiger partial charge >= 0.3 is 6.09 Å². The molecular weight excluding hydrogens is 258 g/mol. The maximum absolute atomic E-state index is 12.4. The van der Waals surface area contributed by atoms with Crippen LogP contribution < -0.4 is 0 Å². The summed E-state index contributed by atoms with van der Waals surface area (Å²) in [6, 6.07) is 0. The van der Waals surface area contributed by atoms with Gasteiger partial charge in [-0.2, -0.15) is 11.8 Å². The van der Waals surface area contributed by atoms with Crippen LogP contribution in [-0.4, -0.2) is 41.2 Å². The second-order valence-electron chi connectivity index (χ2n) is 7.07. The maximum atomic E-state index is 12.4. The van der Waals surface area contributed by atoms with E-state index >= 15 is 0 Å². The minimum absolute atomic E-state index is 0.0257. The van der Waals surface area contributed by atoms with E-state index in [0.29, 0.717) is 0 Å². The molecule has 106 valence electrons. The van der Waals surface area contributed by atoms with E-state index in [4.69, 9.17) is 4.74 Å². The number of carbonyl (C=O) groups is 1. The third-order valence-electron chi connectivity index (χ3n) is 5.56. The Kier molecular flexibility index (Phi) is 2.98. The normalized spacial score (nSPS) is 44.4. The SMILES string of the molecule is O=C(OC12CC3CC(CC(C3)C1)C2)N1CCSCC1. The van der Waals surface area contributed by atoms with E-state index in [1.54, 1.807) is 0 Å². The highest BCUT2D eigenvalue weighted by molar-refractivity contribution is 7.99. The summed E-state index contributed by atoms with van der Waals surface area (Å²) >= 11 is 1.94. The number of hydrogen-bond acceptors (Lipinski definition) is 3. The van der Waals surface area contributed by atoms with Crippen LogP contribution >= 0.6 is 11.8 Å². The molecule has 4 saturated carbocycles. The Morgan fingerprint density at radius 1 is 1.00 bits per heavy atom. The van der Waals surface area contributed by atoms with Crippen molar-refractivity contribution in [3.8, 4) is 0 Å². The summed E-state index contributed by atoms with van der Waals surface area (Å²) in [6.07, 6.45) is 7.61. The first-order valence-corrected chi connectivity index (χ1v) is 8.94. The van der Waals surface area contributed by atoms with Crippen LogP contribution in [0.5, 0.6) is 0 Å². The molecule has 0 spiro atoms. The van der Waals surface area contributed by atoms with Gasteiger partial charge in [-0.1, -0.05) is 0 Å². The van der Waals surface area contributed by atoms with E-state index in [1.165, 1.54) is 19.3 Å². The fourth-order valence-electron chi connectivity index (χ4n) is 5.15. The lowest BCUT2D eigenvalue weighted by molar-refractivity contribution is -0.133. The maximum Gasteiger partial charge on any atom is 0.410 e. The van der Waals surface area contributed by atoms with Crippen LogP contribution in [0.3, 0.4) is 0 Å². The first-order chi connectivity index (χ1) is 9.22. The van der Waals surface area contributed by atoms with Crippen LogP contribution in [0.2, 0.25) is 0 Å². The summed E-state index contributed by atoms with van der Waals surface area (Å²) in [5, 5.41) is 0. The van der Waals surface area contributed by atoms with E-state index < -0.39 is 0 Å². The summed E-state index contributed by atoms with van der Waals surface area (Å²) in [5.74, 6) is 4.66. The molecule has 19 heavy (non-hydrogen) atoms. The lowest BCUT2D eigenvalue weighted by atomic mass is 9.54. The van der Waals surface area contributed by atoms with Gasteiger partial charge in [-0.05, 0) is 56.3 Å². The standard InChI is InChI=1S/C15H23NO2S/c17-14(16-1-3-19-4-2-16)18-15-8-11-5-12(9-15)7-13(6-11)10-15/h11-13H,1-10H2. The van der Waals surface area contributed by atoms with Crippen LogP contribution in [0.4, 0.5) is 4.79 Å². The van der Waals surface area contributed by atoms with Gasteiger partial charge < -0.3 is 9.64 Å².